The Labute approximate surface area is 106 Å². The van der Waals surface area contributed by atoms with E-state index in [0.717, 1.165) is 35.6 Å². The number of nitrogens with one attached hydrogen (secondary N) is 1. The van der Waals surface area contributed by atoms with Crippen molar-refractivity contribution >= 4 is 0 Å². The van der Waals surface area contributed by atoms with Crippen molar-refractivity contribution in [2.75, 3.05) is 13.1 Å². The number of nitrogens with zero attached hydrogens (tertiary/aromatic N) is 2. The smallest absolute Gasteiger partial charge is 0.0921 e. The summed E-state index contributed by atoms with van der Waals surface area (Å²) in [5, 5.41) is 12.3. The van der Waals surface area contributed by atoms with Crippen LogP contribution in [0.1, 0.15) is 17.2 Å². The van der Waals surface area contributed by atoms with Crippen molar-refractivity contribution < 1.29 is 5.11 Å². The lowest BCUT2D eigenvalue weighted by Gasteiger charge is -2.27. The Hall–Kier alpha value is -1.78. The lowest BCUT2D eigenvalue weighted by Crippen LogP contribution is -2.40. The second-order valence-electron chi connectivity index (χ2n) is 4.50. The highest BCUT2D eigenvalue weighted by Gasteiger charge is 2.24. The van der Waals surface area contributed by atoms with E-state index in [0.29, 0.717) is 5.92 Å². The summed E-state index contributed by atoms with van der Waals surface area (Å²) in [4.78, 5) is 8.92. The molecule has 92 valence electrons. The summed E-state index contributed by atoms with van der Waals surface area (Å²) in [6.45, 7) is 2.01. The first-order valence-corrected chi connectivity index (χ1v) is 6.10. The van der Waals surface area contributed by atoms with Crippen molar-refractivity contribution in [2.24, 2.45) is 0 Å². The van der Waals surface area contributed by atoms with Crippen LogP contribution in [0.2, 0.25) is 0 Å². The number of aromatic nitrogens is 2. The van der Waals surface area contributed by atoms with E-state index in [9.17, 15) is 0 Å². The summed E-state index contributed by atoms with van der Waals surface area (Å²) in [6.07, 6.45) is 3.48. The molecule has 0 radical (unpaired) electrons. The summed E-state index contributed by atoms with van der Waals surface area (Å²) in [5.41, 5.74) is 3.98. The molecule has 0 aliphatic carbocycles. The topological polar surface area (TPSA) is 58.0 Å². The minimum absolute atomic E-state index is 0.0696. The third-order valence-electron chi connectivity index (χ3n) is 3.30. The predicted octanol–water partition coefficient (Wildman–Crippen LogP) is 1.32. The van der Waals surface area contributed by atoms with E-state index in [2.05, 4.69) is 15.3 Å². The van der Waals surface area contributed by atoms with Gasteiger partial charge in [0.1, 0.15) is 0 Å². The van der Waals surface area contributed by atoms with E-state index in [4.69, 9.17) is 5.11 Å². The van der Waals surface area contributed by atoms with E-state index >= 15 is 0 Å². The van der Waals surface area contributed by atoms with E-state index < -0.39 is 0 Å². The molecule has 4 heteroatoms. The first-order valence-electron chi connectivity index (χ1n) is 6.10. The number of aliphatic hydroxyl groups excluding tert-OH is 1. The minimum Gasteiger partial charge on any atom is -0.392 e. The van der Waals surface area contributed by atoms with Gasteiger partial charge in [0.2, 0.25) is 0 Å². The van der Waals surface area contributed by atoms with Crippen molar-refractivity contribution in [3.63, 3.8) is 0 Å². The zero-order valence-electron chi connectivity index (χ0n) is 10.0. The predicted molar refractivity (Wildman–Crippen MR) is 69.0 cm³/mol. The molecule has 1 aliphatic heterocycles. The van der Waals surface area contributed by atoms with Crippen molar-refractivity contribution in [1.29, 1.82) is 0 Å². The van der Waals surface area contributed by atoms with Crippen molar-refractivity contribution in [2.45, 2.75) is 12.5 Å². The zero-order chi connectivity index (χ0) is 12.4. The average Bonchev–Trinajstić information content (AvgIpc) is 2.38. The van der Waals surface area contributed by atoms with Gasteiger partial charge in [0.25, 0.3) is 0 Å². The molecule has 2 N–H and O–H groups in total. The van der Waals surface area contributed by atoms with Crippen LogP contribution in [0.5, 0.6) is 0 Å². The van der Waals surface area contributed by atoms with Gasteiger partial charge in [-0.1, -0.05) is 24.3 Å². The number of hydrogen-bond acceptors (Lipinski definition) is 4. The highest BCUT2D eigenvalue weighted by Crippen LogP contribution is 2.27. The van der Waals surface area contributed by atoms with E-state index in [1.807, 2.05) is 24.3 Å². The molecule has 1 saturated heterocycles. The molecule has 3 rings (SSSR count). The van der Waals surface area contributed by atoms with E-state index in [-0.39, 0.29) is 6.61 Å². The lowest BCUT2D eigenvalue weighted by molar-refractivity contribution is 0.282. The van der Waals surface area contributed by atoms with Gasteiger partial charge in [-0.15, -0.1) is 0 Å². The van der Waals surface area contributed by atoms with Crippen LogP contribution in [-0.2, 0) is 6.61 Å². The average molecular weight is 241 g/mol. The largest absolute Gasteiger partial charge is 0.392 e. The Balaban J connectivity index is 1.99. The first kappa shape index (κ1) is 11.3. The highest BCUT2D eigenvalue weighted by molar-refractivity contribution is 5.62. The van der Waals surface area contributed by atoms with Gasteiger partial charge in [0.05, 0.1) is 18.0 Å². The first-order chi connectivity index (χ1) is 8.88. The molecule has 1 aromatic carbocycles. The second kappa shape index (κ2) is 4.84. The van der Waals surface area contributed by atoms with Crippen LogP contribution in [-0.4, -0.2) is 28.2 Å². The van der Waals surface area contributed by atoms with Gasteiger partial charge in [0, 0.05) is 37.0 Å². The summed E-state index contributed by atoms with van der Waals surface area (Å²) >= 11 is 0. The van der Waals surface area contributed by atoms with Crippen LogP contribution >= 0.6 is 0 Å². The molecule has 0 unspecified atom stereocenters. The fourth-order valence-electron chi connectivity index (χ4n) is 2.12. The maximum absolute atomic E-state index is 9.05. The van der Waals surface area contributed by atoms with Crippen molar-refractivity contribution in [3.8, 4) is 11.3 Å². The summed E-state index contributed by atoms with van der Waals surface area (Å²) < 4.78 is 0. The number of hydrogen-bond donors (Lipinski definition) is 2. The molecule has 0 spiro atoms. The molecule has 18 heavy (non-hydrogen) atoms. The molecule has 1 aromatic heterocycles. The fraction of sp³-hybridized carbons (Fsp3) is 0.286. The van der Waals surface area contributed by atoms with E-state index in [1.165, 1.54) is 0 Å². The molecular formula is C14H15N3O. The van der Waals surface area contributed by atoms with Crippen LogP contribution in [0.25, 0.3) is 11.3 Å². The molecule has 0 amide bonds. The lowest BCUT2D eigenvalue weighted by atomic mass is 9.94. The Morgan fingerprint density at radius 3 is 2.44 bits per heavy atom. The van der Waals surface area contributed by atoms with Crippen LogP contribution in [0.3, 0.4) is 0 Å². The van der Waals surface area contributed by atoms with Crippen LogP contribution in [0.15, 0.2) is 36.7 Å². The molecule has 1 fully saturated rings. The molecule has 2 aromatic rings. The maximum Gasteiger partial charge on any atom is 0.0921 e. The molecule has 0 bridgehead atoms. The monoisotopic (exact) mass is 241 g/mol. The van der Waals surface area contributed by atoms with Gasteiger partial charge in [-0.25, -0.2) is 0 Å². The minimum atomic E-state index is 0.0696. The third kappa shape index (κ3) is 2.00. The summed E-state index contributed by atoms with van der Waals surface area (Å²) in [7, 11) is 0. The van der Waals surface area contributed by atoms with Crippen LogP contribution < -0.4 is 5.32 Å². The normalized spacial score (nSPS) is 15.4. The number of rotatable bonds is 3. The third-order valence-corrected chi connectivity index (χ3v) is 3.30. The Morgan fingerprint density at radius 1 is 1.11 bits per heavy atom. The summed E-state index contributed by atoms with van der Waals surface area (Å²) in [6, 6.07) is 7.83. The van der Waals surface area contributed by atoms with E-state index in [1.54, 1.807) is 12.4 Å². The molecule has 0 saturated carbocycles. The Morgan fingerprint density at radius 2 is 1.83 bits per heavy atom. The van der Waals surface area contributed by atoms with Gasteiger partial charge in [-0.3, -0.25) is 9.97 Å². The molecule has 2 heterocycles. The van der Waals surface area contributed by atoms with Gasteiger partial charge in [-0.2, -0.15) is 0 Å². The molecule has 4 nitrogen and oxygen atoms in total. The standard InChI is InChI=1S/C14H15N3O/c18-9-10-1-3-11(4-2-10)13-14(12-7-15-8-12)17-6-5-16-13/h1-6,12,15,18H,7-9H2. The summed E-state index contributed by atoms with van der Waals surface area (Å²) in [5.74, 6) is 0.464. The fourth-order valence-corrected chi connectivity index (χ4v) is 2.12. The van der Waals surface area contributed by atoms with Crippen LogP contribution in [0.4, 0.5) is 0 Å². The van der Waals surface area contributed by atoms with Crippen molar-refractivity contribution in [1.82, 2.24) is 15.3 Å². The van der Waals surface area contributed by atoms with Gasteiger partial charge >= 0.3 is 0 Å². The SMILES string of the molecule is OCc1ccc(-c2nccnc2C2CNC2)cc1. The quantitative estimate of drug-likeness (QED) is 0.851. The number of benzene rings is 1. The van der Waals surface area contributed by atoms with Gasteiger partial charge in [0.15, 0.2) is 0 Å². The zero-order valence-corrected chi connectivity index (χ0v) is 10.0. The number of aliphatic hydroxyl groups is 1. The Bertz CT molecular complexity index is 535. The van der Waals surface area contributed by atoms with Gasteiger partial charge in [-0.05, 0) is 5.56 Å². The molecular weight excluding hydrogens is 226 g/mol. The molecule has 0 atom stereocenters. The molecule has 1 aliphatic rings. The van der Waals surface area contributed by atoms with Gasteiger partial charge < -0.3 is 10.4 Å². The van der Waals surface area contributed by atoms with Crippen molar-refractivity contribution in [3.05, 3.63) is 47.9 Å². The second-order valence-corrected chi connectivity index (χ2v) is 4.50. The maximum atomic E-state index is 9.05. The highest BCUT2D eigenvalue weighted by atomic mass is 16.3. The van der Waals surface area contributed by atoms with Crippen LogP contribution in [0, 0.1) is 0 Å². The Kier molecular flexibility index (Phi) is 3.04.